The van der Waals surface area contributed by atoms with Crippen molar-refractivity contribution in [2.24, 2.45) is 0 Å². The SMILES string of the molecule is CC(Oc1ccc2[nH]nc(/C=C/c3ccc(CN(C)Cc4ccccc4)cc3)c2c1)c1c(Cl)cncc1Cl. The highest BCUT2D eigenvalue weighted by atomic mass is 35.5. The summed E-state index contributed by atoms with van der Waals surface area (Å²) >= 11 is 12.6. The molecule has 1 N–H and O–H groups in total. The average Bonchev–Trinajstić information content (AvgIpc) is 3.31. The Morgan fingerprint density at radius 3 is 2.29 bits per heavy atom. The van der Waals surface area contributed by atoms with Crippen molar-refractivity contribution < 1.29 is 4.74 Å². The number of ether oxygens (including phenoxy) is 1. The molecule has 2 heterocycles. The second kappa shape index (κ2) is 11.8. The molecule has 0 bridgehead atoms. The van der Waals surface area contributed by atoms with E-state index in [-0.39, 0.29) is 6.10 Å². The molecule has 0 amide bonds. The molecule has 0 aliphatic heterocycles. The lowest BCUT2D eigenvalue weighted by Gasteiger charge is -2.17. The predicted molar refractivity (Wildman–Crippen MR) is 156 cm³/mol. The number of pyridine rings is 1. The molecule has 0 aliphatic carbocycles. The van der Waals surface area contributed by atoms with Crippen LogP contribution in [-0.4, -0.2) is 27.1 Å². The third-order valence-electron chi connectivity index (χ3n) is 6.33. The first-order chi connectivity index (χ1) is 18.5. The van der Waals surface area contributed by atoms with E-state index in [1.54, 1.807) is 12.4 Å². The lowest BCUT2D eigenvalue weighted by Crippen LogP contribution is -2.17. The molecule has 0 saturated carbocycles. The summed E-state index contributed by atoms with van der Waals surface area (Å²) < 4.78 is 6.17. The number of aromatic nitrogens is 3. The summed E-state index contributed by atoms with van der Waals surface area (Å²) in [6, 6.07) is 25.0. The van der Waals surface area contributed by atoms with Crippen LogP contribution in [-0.2, 0) is 13.1 Å². The van der Waals surface area contributed by atoms with E-state index < -0.39 is 0 Å². The van der Waals surface area contributed by atoms with Gasteiger partial charge in [0.25, 0.3) is 0 Å². The largest absolute Gasteiger partial charge is 0.486 e. The van der Waals surface area contributed by atoms with Gasteiger partial charge < -0.3 is 4.74 Å². The van der Waals surface area contributed by atoms with Gasteiger partial charge >= 0.3 is 0 Å². The van der Waals surface area contributed by atoms with Crippen molar-refractivity contribution in [2.75, 3.05) is 7.05 Å². The van der Waals surface area contributed by atoms with Crippen molar-refractivity contribution in [1.29, 1.82) is 0 Å². The highest BCUT2D eigenvalue weighted by Gasteiger charge is 2.16. The minimum Gasteiger partial charge on any atom is -0.486 e. The van der Waals surface area contributed by atoms with E-state index >= 15 is 0 Å². The van der Waals surface area contributed by atoms with Gasteiger partial charge in [0.05, 0.1) is 21.3 Å². The van der Waals surface area contributed by atoms with Crippen LogP contribution in [0.25, 0.3) is 23.1 Å². The zero-order valence-corrected chi connectivity index (χ0v) is 22.7. The Morgan fingerprint density at radius 2 is 1.58 bits per heavy atom. The van der Waals surface area contributed by atoms with Gasteiger partial charge in [0.15, 0.2) is 0 Å². The minimum absolute atomic E-state index is 0.341. The Kier molecular flexibility index (Phi) is 8.08. The fourth-order valence-electron chi connectivity index (χ4n) is 4.46. The van der Waals surface area contributed by atoms with Crippen molar-refractivity contribution in [1.82, 2.24) is 20.1 Å². The Hall–Kier alpha value is -3.64. The van der Waals surface area contributed by atoms with E-state index in [1.807, 2.05) is 37.3 Å². The quantitative estimate of drug-likeness (QED) is 0.204. The van der Waals surface area contributed by atoms with E-state index in [0.29, 0.717) is 21.4 Å². The zero-order chi connectivity index (χ0) is 26.5. The molecule has 192 valence electrons. The van der Waals surface area contributed by atoms with Crippen LogP contribution in [0.2, 0.25) is 10.0 Å². The molecule has 38 heavy (non-hydrogen) atoms. The van der Waals surface area contributed by atoms with E-state index in [9.17, 15) is 0 Å². The van der Waals surface area contributed by atoms with Crippen LogP contribution in [0.3, 0.4) is 0 Å². The van der Waals surface area contributed by atoms with Gasteiger partial charge in [-0.05, 0) is 54.9 Å². The predicted octanol–water partition coefficient (Wildman–Crippen LogP) is 8.21. The number of rotatable bonds is 9. The second-order valence-electron chi connectivity index (χ2n) is 9.33. The van der Waals surface area contributed by atoms with Gasteiger partial charge in [-0.1, -0.05) is 83.9 Å². The van der Waals surface area contributed by atoms with E-state index in [0.717, 1.165) is 35.2 Å². The number of fused-ring (bicyclic) bond motifs is 1. The number of nitrogens with one attached hydrogen (secondary N) is 1. The molecular formula is C31H28Cl2N4O. The van der Waals surface area contributed by atoms with E-state index in [4.69, 9.17) is 27.9 Å². The van der Waals surface area contributed by atoms with Gasteiger partial charge in [0.1, 0.15) is 11.9 Å². The monoisotopic (exact) mass is 542 g/mol. The molecule has 5 aromatic rings. The third-order valence-corrected chi connectivity index (χ3v) is 6.94. The molecule has 7 heteroatoms. The van der Waals surface area contributed by atoms with Gasteiger partial charge in [0, 0.05) is 36.4 Å². The van der Waals surface area contributed by atoms with Crippen molar-refractivity contribution in [3.8, 4) is 5.75 Å². The number of benzene rings is 3. The molecule has 5 rings (SSSR count). The Morgan fingerprint density at radius 1 is 0.895 bits per heavy atom. The lowest BCUT2D eigenvalue weighted by molar-refractivity contribution is 0.227. The van der Waals surface area contributed by atoms with E-state index in [2.05, 4.69) is 81.7 Å². The number of H-pyrrole nitrogens is 1. The van der Waals surface area contributed by atoms with Crippen molar-refractivity contribution in [3.05, 3.63) is 123 Å². The standard InChI is InChI=1S/C31H28Cl2N4O/c1-21(31-27(32)17-34-18-28(31)33)38-25-13-15-30-26(16-25)29(35-36-30)14-12-22-8-10-24(11-9-22)20-37(2)19-23-6-4-3-5-7-23/h3-18,21H,19-20H2,1-2H3,(H,35,36)/b14-12+. The number of hydrogen-bond acceptors (Lipinski definition) is 4. The maximum absolute atomic E-state index is 6.31. The van der Waals surface area contributed by atoms with Crippen LogP contribution in [0, 0.1) is 0 Å². The average molecular weight is 543 g/mol. The van der Waals surface area contributed by atoms with Gasteiger partial charge in [-0.25, -0.2) is 0 Å². The molecule has 5 nitrogen and oxygen atoms in total. The van der Waals surface area contributed by atoms with Crippen molar-refractivity contribution >= 4 is 46.3 Å². The molecule has 0 spiro atoms. The van der Waals surface area contributed by atoms with Crippen LogP contribution >= 0.6 is 23.2 Å². The highest BCUT2D eigenvalue weighted by molar-refractivity contribution is 6.35. The summed E-state index contributed by atoms with van der Waals surface area (Å²) in [5.74, 6) is 0.703. The second-order valence-corrected chi connectivity index (χ2v) is 10.1. The first-order valence-corrected chi connectivity index (χ1v) is 13.1. The summed E-state index contributed by atoms with van der Waals surface area (Å²) in [6.45, 7) is 3.72. The van der Waals surface area contributed by atoms with Crippen LogP contribution in [0.4, 0.5) is 0 Å². The summed E-state index contributed by atoms with van der Waals surface area (Å²) in [4.78, 5) is 6.33. The molecule has 0 radical (unpaired) electrons. The number of nitrogens with zero attached hydrogens (tertiary/aromatic N) is 3. The van der Waals surface area contributed by atoms with Gasteiger partial charge in [-0.15, -0.1) is 0 Å². The molecular weight excluding hydrogens is 515 g/mol. The summed E-state index contributed by atoms with van der Waals surface area (Å²) in [7, 11) is 2.14. The number of aromatic amines is 1. The van der Waals surface area contributed by atoms with Crippen molar-refractivity contribution in [2.45, 2.75) is 26.1 Å². The molecule has 1 atom stereocenters. The molecule has 0 saturated heterocycles. The first-order valence-electron chi connectivity index (χ1n) is 12.4. The van der Waals surface area contributed by atoms with Crippen LogP contribution in [0.5, 0.6) is 5.75 Å². The molecule has 0 aliphatic rings. The summed E-state index contributed by atoms with van der Waals surface area (Å²) in [5, 5.41) is 9.51. The highest BCUT2D eigenvalue weighted by Crippen LogP contribution is 2.33. The topological polar surface area (TPSA) is 54.0 Å². The van der Waals surface area contributed by atoms with Crippen LogP contribution in [0.15, 0.2) is 85.2 Å². The van der Waals surface area contributed by atoms with Crippen LogP contribution < -0.4 is 4.74 Å². The molecule has 2 aromatic heterocycles. The third kappa shape index (κ3) is 6.25. The summed E-state index contributed by atoms with van der Waals surface area (Å²) in [6.07, 6.45) is 6.88. The number of halogens is 2. The molecule has 1 unspecified atom stereocenters. The Balaban J connectivity index is 1.26. The smallest absolute Gasteiger partial charge is 0.124 e. The molecule has 0 fully saturated rings. The maximum atomic E-state index is 6.31. The lowest BCUT2D eigenvalue weighted by atomic mass is 10.1. The first kappa shape index (κ1) is 26.0. The normalized spacial score (nSPS) is 12.4. The van der Waals surface area contributed by atoms with Gasteiger partial charge in [-0.2, -0.15) is 5.10 Å². The summed E-state index contributed by atoms with van der Waals surface area (Å²) in [5.41, 5.74) is 6.18. The fraction of sp³-hybridized carbons (Fsp3) is 0.161. The van der Waals surface area contributed by atoms with E-state index in [1.165, 1.54) is 11.1 Å². The van der Waals surface area contributed by atoms with Gasteiger partial charge in [-0.3, -0.25) is 15.0 Å². The van der Waals surface area contributed by atoms with Gasteiger partial charge in [0.2, 0.25) is 0 Å². The number of hydrogen-bond donors (Lipinski definition) is 1. The van der Waals surface area contributed by atoms with Crippen molar-refractivity contribution in [3.63, 3.8) is 0 Å². The minimum atomic E-state index is -0.341. The zero-order valence-electron chi connectivity index (χ0n) is 21.2. The Bertz CT molecular complexity index is 1530. The Labute approximate surface area is 232 Å². The van der Waals surface area contributed by atoms with Crippen LogP contribution in [0.1, 0.15) is 41.0 Å². The maximum Gasteiger partial charge on any atom is 0.124 e. The fourth-order valence-corrected chi connectivity index (χ4v) is 5.13. The molecule has 3 aromatic carbocycles.